The maximum Gasteiger partial charge on any atom is 0.338 e. The molecule has 0 saturated heterocycles. The van der Waals surface area contributed by atoms with E-state index in [4.69, 9.17) is 16.3 Å². The topological polar surface area (TPSA) is 97.4 Å². The van der Waals surface area contributed by atoms with Crippen molar-refractivity contribution in [3.8, 4) is 0 Å². The van der Waals surface area contributed by atoms with Gasteiger partial charge >= 0.3 is 5.97 Å². The van der Waals surface area contributed by atoms with Crippen molar-refractivity contribution in [2.75, 3.05) is 17.2 Å². The summed E-state index contributed by atoms with van der Waals surface area (Å²) in [5, 5.41) is 5.49. The van der Waals surface area contributed by atoms with Gasteiger partial charge in [-0.15, -0.1) is 11.8 Å². The second kappa shape index (κ2) is 7.76. The maximum atomic E-state index is 12.1. The van der Waals surface area contributed by atoms with Gasteiger partial charge in [-0.05, 0) is 37.3 Å². The van der Waals surface area contributed by atoms with Crippen LogP contribution in [0.3, 0.4) is 0 Å². The van der Waals surface area contributed by atoms with Gasteiger partial charge in [-0.2, -0.15) is 0 Å². The smallest absolute Gasteiger partial charge is 0.338 e. The highest BCUT2D eigenvalue weighted by Crippen LogP contribution is 2.36. The van der Waals surface area contributed by atoms with E-state index in [1.807, 2.05) is 0 Å². The predicted molar refractivity (Wildman–Crippen MR) is 98.5 cm³/mol. The molecule has 26 heavy (non-hydrogen) atoms. The second-order valence-electron chi connectivity index (χ2n) is 5.45. The number of carbonyl (C=O) groups excluding carboxylic acids is 3. The zero-order valence-corrected chi connectivity index (χ0v) is 15.2. The lowest BCUT2D eigenvalue weighted by atomic mass is 10.2. The Morgan fingerprint density at radius 1 is 1.35 bits per heavy atom. The Balaban J connectivity index is 1.58. The Kier molecular flexibility index (Phi) is 5.43. The highest BCUT2D eigenvalue weighted by atomic mass is 35.5. The van der Waals surface area contributed by atoms with Gasteiger partial charge in [0.15, 0.2) is 6.61 Å². The summed E-state index contributed by atoms with van der Waals surface area (Å²) in [7, 11) is 0. The number of nitrogens with zero attached hydrogens (tertiary/aromatic N) is 1. The SMILES string of the molecule is C[C@@H]1Sc2ccc(C(=O)OCC(=O)Nc3ccc(Cl)cn3)cc2NC1=O. The van der Waals surface area contributed by atoms with Crippen molar-refractivity contribution >= 4 is 52.7 Å². The number of carbonyl (C=O) groups is 3. The zero-order chi connectivity index (χ0) is 18.7. The van der Waals surface area contributed by atoms with Gasteiger partial charge in [-0.25, -0.2) is 9.78 Å². The van der Waals surface area contributed by atoms with E-state index in [-0.39, 0.29) is 16.7 Å². The first-order chi connectivity index (χ1) is 12.4. The lowest BCUT2D eigenvalue weighted by Crippen LogP contribution is -2.26. The number of thioether (sulfide) groups is 1. The van der Waals surface area contributed by atoms with Gasteiger partial charge in [0.05, 0.1) is 21.5 Å². The lowest BCUT2D eigenvalue weighted by Gasteiger charge is -2.21. The molecule has 0 spiro atoms. The van der Waals surface area contributed by atoms with Gasteiger partial charge < -0.3 is 15.4 Å². The van der Waals surface area contributed by atoms with Crippen molar-refractivity contribution in [3.05, 3.63) is 47.1 Å². The number of benzene rings is 1. The summed E-state index contributed by atoms with van der Waals surface area (Å²) in [5.74, 6) is -1.00. The van der Waals surface area contributed by atoms with Gasteiger partial charge in [-0.1, -0.05) is 11.6 Å². The molecule has 2 heterocycles. The summed E-state index contributed by atoms with van der Waals surface area (Å²) >= 11 is 7.13. The molecule has 0 aliphatic carbocycles. The van der Waals surface area contributed by atoms with Crippen LogP contribution >= 0.6 is 23.4 Å². The number of fused-ring (bicyclic) bond motifs is 1. The molecule has 9 heteroatoms. The Hall–Kier alpha value is -2.58. The van der Waals surface area contributed by atoms with E-state index in [1.54, 1.807) is 25.1 Å². The first-order valence-electron chi connectivity index (χ1n) is 7.62. The number of ether oxygens (including phenoxy) is 1. The van der Waals surface area contributed by atoms with Gasteiger partial charge in [0.1, 0.15) is 5.82 Å². The number of hydrogen-bond donors (Lipinski definition) is 2. The van der Waals surface area contributed by atoms with Gasteiger partial charge in [-0.3, -0.25) is 9.59 Å². The Labute approximate surface area is 158 Å². The van der Waals surface area contributed by atoms with Crippen molar-refractivity contribution in [1.82, 2.24) is 4.98 Å². The van der Waals surface area contributed by atoms with Crippen LogP contribution in [0.5, 0.6) is 0 Å². The third-order valence-electron chi connectivity index (χ3n) is 3.48. The average Bonchev–Trinajstić information content (AvgIpc) is 2.62. The largest absolute Gasteiger partial charge is 0.452 e. The van der Waals surface area contributed by atoms with Crippen LogP contribution in [0.25, 0.3) is 0 Å². The molecule has 2 amide bonds. The first-order valence-corrected chi connectivity index (χ1v) is 8.88. The number of hydrogen-bond acceptors (Lipinski definition) is 6. The van der Waals surface area contributed by atoms with Gasteiger partial charge in [0, 0.05) is 11.1 Å². The van der Waals surface area contributed by atoms with Crippen LogP contribution < -0.4 is 10.6 Å². The number of anilines is 2. The summed E-state index contributed by atoms with van der Waals surface area (Å²) in [4.78, 5) is 40.5. The van der Waals surface area contributed by atoms with Crippen molar-refractivity contribution in [1.29, 1.82) is 0 Å². The fourth-order valence-electron chi connectivity index (χ4n) is 2.18. The molecule has 1 aromatic heterocycles. The third-order valence-corrected chi connectivity index (χ3v) is 4.88. The molecular weight excluding hydrogens is 378 g/mol. The molecule has 134 valence electrons. The summed E-state index contributed by atoms with van der Waals surface area (Å²) in [5.41, 5.74) is 0.805. The summed E-state index contributed by atoms with van der Waals surface area (Å²) in [6.45, 7) is 1.34. The number of amides is 2. The number of pyridine rings is 1. The standard InChI is InChI=1S/C17H14ClN3O4S/c1-9-16(23)20-12-6-10(2-4-13(12)26-9)17(24)25-8-15(22)21-14-5-3-11(18)7-19-14/h2-7,9H,8H2,1H3,(H,20,23)(H,19,21,22)/t9-/m0/s1. The van der Waals surface area contributed by atoms with E-state index in [0.717, 1.165) is 4.90 Å². The number of rotatable bonds is 4. The average molecular weight is 392 g/mol. The van der Waals surface area contributed by atoms with Crippen LogP contribution in [0.2, 0.25) is 5.02 Å². The Morgan fingerprint density at radius 2 is 2.15 bits per heavy atom. The van der Waals surface area contributed by atoms with Crippen molar-refractivity contribution in [3.63, 3.8) is 0 Å². The van der Waals surface area contributed by atoms with Crippen LogP contribution in [-0.2, 0) is 14.3 Å². The Morgan fingerprint density at radius 3 is 2.88 bits per heavy atom. The highest BCUT2D eigenvalue weighted by Gasteiger charge is 2.24. The number of aromatic nitrogens is 1. The van der Waals surface area contributed by atoms with E-state index in [9.17, 15) is 14.4 Å². The fraction of sp³-hybridized carbons (Fsp3) is 0.176. The van der Waals surface area contributed by atoms with E-state index in [1.165, 1.54) is 30.1 Å². The van der Waals surface area contributed by atoms with Crippen molar-refractivity contribution < 1.29 is 19.1 Å². The van der Waals surface area contributed by atoms with Gasteiger partial charge in [0.25, 0.3) is 5.91 Å². The van der Waals surface area contributed by atoms with E-state index >= 15 is 0 Å². The maximum absolute atomic E-state index is 12.1. The van der Waals surface area contributed by atoms with Crippen LogP contribution in [0.1, 0.15) is 17.3 Å². The molecule has 2 N–H and O–H groups in total. The third kappa shape index (κ3) is 4.33. The van der Waals surface area contributed by atoms with Crippen LogP contribution in [0.15, 0.2) is 41.4 Å². The molecule has 7 nitrogen and oxygen atoms in total. The van der Waals surface area contributed by atoms with Crippen LogP contribution in [0.4, 0.5) is 11.5 Å². The van der Waals surface area contributed by atoms with Crippen molar-refractivity contribution in [2.45, 2.75) is 17.1 Å². The predicted octanol–water partition coefficient (Wildman–Crippen LogP) is 2.96. The molecule has 0 unspecified atom stereocenters. The molecule has 0 radical (unpaired) electrons. The highest BCUT2D eigenvalue weighted by molar-refractivity contribution is 8.00. The van der Waals surface area contributed by atoms with Crippen LogP contribution in [-0.4, -0.2) is 34.6 Å². The minimum atomic E-state index is -0.662. The van der Waals surface area contributed by atoms with E-state index in [2.05, 4.69) is 15.6 Å². The molecule has 3 rings (SSSR count). The molecule has 0 bridgehead atoms. The molecule has 1 aliphatic heterocycles. The first kappa shape index (κ1) is 18.2. The van der Waals surface area contributed by atoms with Crippen molar-refractivity contribution in [2.24, 2.45) is 0 Å². The molecular formula is C17H14ClN3O4S. The monoisotopic (exact) mass is 391 g/mol. The van der Waals surface area contributed by atoms with E-state index < -0.39 is 18.5 Å². The molecule has 1 aliphatic rings. The molecule has 2 aromatic rings. The van der Waals surface area contributed by atoms with Gasteiger partial charge in [0.2, 0.25) is 5.91 Å². The lowest BCUT2D eigenvalue weighted by molar-refractivity contribution is -0.119. The summed E-state index contributed by atoms with van der Waals surface area (Å²) < 4.78 is 5.00. The summed E-state index contributed by atoms with van der Waals surface area (Å²) in [6.07, 6.45) is 1.39. The molecule has 0 saturated carbocycles. The normalized spacial score (nSPS) is 15.6. The molecule has 0 fully saturated rings. The minimum absolute atomic E-state index is 0.122. The summed E-state index contributed by atoms with van der Waals surface area (Å²) in [6, 6.07) is 7.98. The van der Waals surface area contributed by atoms with E-state index in [0.29, 0.717) is 16.5 Å². The molecule has 1 atom stereocenters. The minimum Gasteiger partial charge on any atom is -0.452 e. The number of nitrogens with one attached hydrogen (secondary N) is 2. The number of halogens is 1. The zero-order valence-electron chi connectivity index (χ0n) is 13.6. The quantitative estimate of drug-likeness (QED) is 0.777. The second-order valence-corrected chi connectivity index (χ2v) is 7.27. The fourth-order valence-corrected chi connectivity index (χ4v) is 3.22. The Bertz CT molecular complexity index is 873. The van der Waals surface area contributed by atoms with Crippen LogP contribution in [0, 0.1) is 0 Å². The number of esters is 1. The molecule has 1 aromatic carbocycles.